The van der Waals surface area contributed by atoms with Gasteiger partial charge < -0.3 is 23.2 Å². The second-order valence-corrected chi connectivity index (χ2v) is 18.5. The first kappa shape index (κ1) is 37.1. The number of hydrogen-bond donors (Lipinski definition) is 0. The van der Waals surface area contributed by atoms with Crippen LogP contribution in [0.2, 0.25) is 0 Å². The van der Waals surface area contributed by atoms with Crippen LogP contribution >= 0.6 is 22.7 Å². The van der Waals surface area contributed by atoms with Gasteiger partial charge in [-0.1, -0.05) is 43.3 Å². The molecule has 1 aliphatic heterocycles. The maximum Gasteiger partial charge on any atom is 0.374 e. The van der Waals surface area contributed by atoms with Crippen LogP contribution in [0, 0.1) is 0 Å². The molecule has 0 unspecified atom stereocenters. The van der Waals surface area contributed by atoms with Crippen LogP contribution in [-0.2, 0) is 26.8 Å². The number of allylic oxidation sites excluding steroid dienone is 2. The van der Waals surface area contributed by atoms with Gasteiger partial charge in [-0.3, -0.25) is 0 Å². The standard InChI is InChI=1S/C41H36N2O8S4/c1-2-27(21-40-42(17-7-19-54(44,45)46)32-23-30(13-15-34(32)50-40)38-25-28-9-3-5-11-36(28)52-38)22-41-43(18-8-20-55(47,48)49)33-24-31(14-16-35(33)51-41)39-26-29-10-4-6-12-37(29)53-39/h3-6,9-16,21-26H,2,7-8,17-20H2,1H3,(H-,44,45,46,47,48,49)/p-1. The predicted molar refractivity (Wildman–Crippen MR) is 217 cm³/mol. The van der Waals surface area contributed by atoms with E-state index in [9.17, 15) is 25.9 Å². The molecule has 3 aromatic heterocycles. The van der Waals surface area contributed by atoms with E-state index in [0.717, 1.165) is 48.4 Å². The van der Waals surface area contributed by atoms with Crippen LogP contribution < -0.4 is 14.2 Å². The molecule has 14 heteroatoms. The monoisotopic (exact) mass is 811 g/mol. The number of benzene rings is 4. The minimum absolute atomic E-state index is 0.0958. The average Bonchev–Trinajstić information content (AvgIpc) is 3.93. The van der Waals surface area contributed by atoms with Gasteiger partial charge in [0, 0.05) is 55.8 Å². The zero-order chi connectivity index (χ0) is 38.3. The molecule has 282 valence electrons. The summed E-state index contributed by atoms with van der Waals surface area (Å²) in [4.78, 5) is 4.05. The number of thiophene rings is 2. The first-order valence-corrected chi connectivity index (χ1v) is 22.5. The van der Waals surface area contributed by atoms with Crippen molar-refractivity contribution < 1.29 is 39.7 Å². The van der Waals surface area contributed by atoms with Gasteiger partial charge in [-0.2, -0.15) is 4.57 Å². The number of oxazole rings is 1. The van der Waals surface area contributed by atoms with Gasteiger partial charge in [0.25, 0.3) is 5.52 Å². The lowest BCUT2D eigenvalue weighted by Gasteiger charge is -2.19. The molecule has 10 nitrogen and oxygen atoms in total. The van der Waals surface area contributed by atoms with Crippen LogP contribution in [0.1, 0.15) is 32.1 Å². The first-order valence-electron chi connectivity index (χ1n) is 17.7. The molecule has 8 rings (SSSR count). The molecule has 0 N–H and O–H groups in total. The molecule has 55 heavy (non-hydrogen) atoms. The quantitative estimate of drug-likeness (QED) is 0.0824. The smallest absolute Gasteiger partial charge is 0.374 e. The van der Waals surface area contributed by atoms with Crippen LogP contribution in [0.25, 0.3) is 58.2 Å². The summed E-state index contributed by atoms with van der Waals surface area (Å²) in [6, 6.07) is 32.4. The molecule has 1 aliphatic rings. The zero-order valence-corrected chi connectivity index (χ0v) is 32.9. The highest BCUT2D eigenvalue weighted by Gasteiger charge is 2.28. The summed E-state index contributed by atoms with van der Waals surface area (Å²) in [7, 11) is -8.85. The van der Waals surface area contributed by atoms with Crippen LogP contribution in [0.15, 0.2) is 119 Å². The Morgan fingerprint density at radius 2 is 1.40 bits per heavy atom. The number of nitrogens with zero attached hydrogens (tertiary/aromatic N) is 2. The zero-order valence-electron chi connectivity index (χ0n) is 29.6. The number of fused-ring (bicyclic) bond motifs is 4. The van der Waals surface area contributed by atoms with Crippen molar-refractivity contribution in [3.05, 3.63) is 120 Å². The Morgan fingerprint density at radius 1 is 0.782 bits per heavy atom. The van der Waals surface area contributed by atoms with Gasteiger partial charge in [-0.15, -0.1) is 22.7 Å². The summed E-state index contributed by atoms with van der Waals surface area (Å²) in [5.74, 6) is 0.502. The molecule has 0 bridgehead atoms. The lowest BCUT2D eigenvalue weighted by atomic mass is 10.1. The minimum Gasteiger partial charge on any atom is -0.748 e. The SMILES string of the molecule is CCC(/C=C1\Oc2ccc(-c3cc4ccccc4s3)cc2N1CCCS(=O)(=O)[O-])=C\c1oc2ccc(-c3cc4ccccc4s3)cc2[n+]1CCCS(=O)(=O)[O-]. The third-order valence-corrected chi connectivity index (χ3v) is 13.4. The summed E-state index contributed by atoms with van der Waals surface area (Å²) >= 11 is 3.36. The number of aryl methyl sites for hydroxylation is 1. The summed E-state index contributed by atoms with van der Waals surface area (Å²) in [5.41, 5.74) is 4.88. The Balaban J connectivity index is 1.17. The maximum atomic E-state index is 11.6. The number of ether oxygens (including phenoxy) is 1. The van der Waals surface area contributed by atoms with Crippen molar-refractivity contribution >= 4 is 85.9 Å². The molecule has 0 fully saturated rings. The topological polar surface area (TPSA) is 144 Å². The Labute approximate surface area is 326 Å². The molecule has 0 saturated heterocycles. The fraction of sp³-hybridized carbons (Fsp3) is 0.195. The molecular formula is C41H35N2O8S4-. The van der Waals surface area contributed by atoms with Crippen molar-refractivity contribution in [3.8, 4) is 26.6 Å². The summed E-state index contributed by atoms with van der Waals surface area (Å²) in [6.07, 6.45) is 4.48. The van der Waals surface area contributed by atoms with Crippen LogP contribution in [0.4, 0.5) is 5.69 Å². The highest BCUT2D eigenvalue weighted by atomic mass is 32.2. The lowest BCUT2D eigenvalue weighted by Crippen LogP contribution is -2.36. The normalized spacial score (nSPS) is 14.4. The predicted octanol–water partition coefficient (Wildman–Crippen LogP) is 8.89. The van der Waals surface area contributed by atoms with Gasteiger partial charge >= 0.3 is 5.89 Å². The Morgan fingerprint density at radius 3 is 2.04 bits per heavy atom. The van der Waals surface area contributed by atoms with Gasteiger partial charge in [0.05, 0.1) is 32.0 Å². The number of rotatable bonds is 13. The van der Waals surface area contributed by atoms with Crippen LogP contribution in [0.3, 0.4) is 0 Å². The van der Waals surface area contributed by atoms with E-state index in [0.29, 0.717) is 29.5 Å². The molecule has 0 saturated carbocycles. The van der Waals surface area contributed by atoms with Crippen molar-refractivity contribution in [1.82, 2.24) is 0 Å². The van der Waals surface area contributed by atoms with E-state index in [1.165, 1.54) is 9.40 Å². The van der Waals surface area contributed by atoms with Crippen LogP contribution in [0.5, 0.6) is 5.75 Å². The third kappa shape index (κ3) is 8.25. The van der Waals surface area contributed by atoms with Gasteiger partial charge in [0.1, 0.15) is 0 Å². The van der Waals surface area contributed by atoms with Crippen molar-refractivity contribution in [1.29, 1.82) is 0 Å². The van der Waals surface area contributed by atoms with Gasteiger partial charge in [-0.05, 0) is 94.9 Å². The molecule has 0 aliphatic carbocycles. The molecule has 0 radical (unpaired) electrons. The Bertz CT molecular complexity index is 2800. The molecule has 0 amide bonds. The lowest BCUT2D eigenvalue weighted by molar-refractivity contribution is -0.677. The molecule has 0 spiro atoms. The molecule has 0 atom stereocenters. The Kier molecular flexibility index (Phi) is 10.1. The fourth-order valence-electron chi connectivity index (χ4n) is 6.79. The highest BCUT2D eigenvalue weighted by molar-refractivity contribution is 7.85. The molecule has 4 heterocycles. The molecule has 7 aromatic rings. The molecular weight excluding hydrogens is 777 g/mol. The summed E-state index contributed by atoms with van der Waals surface area (Å²) < 4.78 is 86.4. The largest absolute Gasteiger partial charge is 0.748 e. The number of hydrogen-bond acceptors (Lipinski definition) is 11. The van der Waals surface area contributed by atoms with Crippen molar-refractivity contribution in [3.63, 3.8) is 0 Å². The van der Waals surface area contributed by atoms with Crippen LogP contribution in [-0.4, -0.2) is 44.0 Å². The van der Waals surface area contributed by atoms with Gasteiger partial charge in [-0.25, -0.2) is 16.8 Å². The van der Waals surface area contributed by atoms with E-state index in [1.54, 1.807) is 22.7 Å². The second-order valence-electron chi connectivity index (χ2n) is 13.3. The summed E-state index contributed by atoms with van der Waals surface area (Å²) in [5, 5.41) is 2.28. The first-order chi connectivity index (χ1) is 26.4. The van der Waals surface area contributed by atoms with Crippen molar-refractivity contribution in [2.24, 2.45) is 0 Å². The highest BCUT2D eigenvalue weighted by Crippen LogP contribution is 2.44. The maximum absolute atomic E-state index is 11.6. The minimum atomic E-state index is -4.43. The van der Waals surface area contributed by atoms with Crippen molar-refractivity contribution in [2.45, 2.75) is 32.7 Å². The number of aromatic nitrogens is 1. The van der Waals surface area contributed by atoms with E-state index in [2.05, 4.69) is 36.4 Å². The van der Waals surface area contributed by atoms with Gasteiger partial charge in [0.2, 0.25) is 11.5 Å². The average molecular weight is 812 g/mol. The molecule has 4 aromatic carbocycles. The van der Waals surface area contributed by atoms with E-state index in [4.69, 9.17) is 9.15 Å². The Hall–Kier alpha value is -4.83. The van der Waals surface area contributed by atoms with E-state index < -0.39 is 31.7 Å². The second kappa shape index (κ2) is 15.0. The third-order valence-electron chi connectivity index (χ3n) is 9.46. The van der Waals surface area contributed by atoms with Crippen molar-refractivity contribution in [2.75, 3.05) is 23.0 Å². The van der Waals surface area contributed by atoms with E-state index in [1.807, 2.05) is 89.2 Å². The van der Waals surface area contributed by atoms with E-state index >= 15 is 0 Å². The summed E-state index contributed by atoms with van der Waals surface area (Å²) in [6.45, 7) is 2.43. The fourth-order valence-corrected chi connectivity index (χ4v) is 9.88. The van der Waals surface area contributed by atoms with Gasteiger partial charge in [0.15, 0.2) is 12.3 Å². The number of anilines is 1. The van der Waals surface area contributed by atoms with E-state index in [-0.39, 0.29) is 25.9 Å².